The summed E-state index contributed by atoms with van der Waals surface area (Å²) < 4.78 is 5.23. The quantitative estimate of drug-likeness (QED) is 0.155. The minimum absolute atomic E-state index is 0.147. The predicted molar refractivity (Wildman–Crippen MR) is 153 cm³/mol. The van der Waals surface area contributed by atoms with E-state index >= 15 is 0 Å². The zero-order chi connectivity index (χ0) is 26.6. The van der Waals surface area contributed by atoms with Crippen molar-refractivity contribution in [3.05, 3.63) is 120 Å². The molecule has 0 aliphatic carbocycles. The Morgan fingerprint density at radius 3 is 2.08 bits per heavy atom. The second kappa shape index (κ2) is 13.8. The number of nitrogens with one attached hydrogen (secondary N) is 3. The summed E-state index contributed by atoms with van der Waals surface area (Å²) in [6.45, 7) is 3.54. The van der Waals surface area contributed by atoms with Crippen molar-refractivity contribution in [1.29, 1.82) is 0 Å². The number of rotatable bonds is 12. The van der Waals surface area contributed by atoms with E-state index in [0.717, 1.165) is 41.0 Å². The highest BCUT2D eigenvalue weighted by atomic mass is 16.5. The van der Waals surface area contributed by atoms with Crippen LogP contribution in [0.15, 0.2) is 109 Å². The standard InChI is InChI=1S/C32H33N3O3/c1-2-38-32(37)30(25-14-7-4-8-15-25)34-23-11-22-33-26-18-20-27(21-19-26)35-31(36)29-17-10-9-16-28(29)24-12-5-3-6-13-24/h3-10,12-21,30,33-34H,2,11,22-23H2,1H3,(H,35,36). The second-order valence-corrected chi connectivity index (χ2v) is 8.77. The molecule has 0 aliphatic rings. The van der Waals surface area contributed by atoms with Crippen molar-refractivity contribution in [1.82, 2.24) is 5.32 Å². The molecule has 1 amide bonds. The molecule has 4 rings (SSSR count). The van der Waals surface area contributed by atoms with Gasteiger partial charge in [-0.2, -0.15) is 0 Å². The lowest BCUT2D eigenvalue weighted by molar-refractivity contribution is -0.145. The Kier molecular flexibility index (Phi) is 9.65. The van der Waals surface area contributed by atoms with Crippen molar-refractivity contribution in [3.8, 4) is 11.1 Å². The fraction of sp³-hybridized carbons (Fsp3) is 0.188. The third-order valence-electron chi connectivity index (χ3n) is 6.09. The smallest absolute Gasteiger partial charge is 0.327 e. The van der Waals surface area contributed by atoms with Crippen LogP contribution in [-0.4, -0.2) is 31.6 Å². The van der Waals surface area contributed by atoms with E-state index in [2.05, 4.69) is 16.0 Å². The SMILES string of the molecule is CCOC(=O)C(NCCCNc1ccc(NC(=O)c2ccccc2-c2ccccc2)cc1)c1ccccc1. The van der Waals surface area contributed by atoms with Crippen molar-refractivity contribution < 1.29 is 14.3 Å². The van der Waals surface area contributed by atoms with E-state index in [1.54, 1.807) is 0 Å². The predicted octanol–water partition coefficient (Wildman–Crippen LogP) is 6.30. The number of esters is 1. The van der Waals surface area contributed by atoms with Crippen LogP contribution in [0.4, 0.5) is 11.4 Å². The van der Waals surface area contributed by atoms with E-state index in [0.29, 0.717) is 18.7 Å². The third-order valence-corrected chi connectivity index (χ3v) is 6.09. The molecular weight excluding hydrogens is 474 g/mol. The van der Waals surface area contributed by atoms with Gasteiger partial charge in [0.25, 0.3) is 5.91 Å². The summed E-state index contributed by atoms with van der Waals surface area (Å²) in [4.78, 5) is 25.4. The average Bonchev–Trinajstić information content (AvgIpc) is 2.97. The average molecular weight is 508 g/mol. The summed E-state index contributed by atoms with van der Waals surface area (Å²) in [6, 6.07) is 34.3. The molecule has 6 heteroatoms. The Hall–Kier alpha value is -4.42. The first-order chi connectivity index (χ1) is 18.7. The fourth-order valence-corrected chi connectivity index (χ4v) is 4.20. The van der Waals surface area contributed by atoms with Gasteiger partial charge in [0, 0.05) is 23.5 Å². The molecule has 4 aromatic carbocycles. The molecule has 0 aromatic heterocycles. The molecule has 0 fully saturated rings. The van der Waals surface area contributed by atoms with Gasteiger partial charge in [0.05, 0.1) is 6.61 Å². The van der Waals surface area contributed by atoms with Gasteiger partial charge in [-0.3, -0.25) is 4.79 Å². The first kappa shape index (κ1) is 26.6. The summed E-state index contributed by atoms with van der Waals surface area (Å²) in [5.74, 6) is -0.415. The van der Waals surface area contributed by atoms with Gasteiger partial charge in [-0.15, -0.1) is 0 Å². The van der Waals surface area contributed by atoms with Crippen molar-refractivity contribution in [3.63, 3.8) is 0 Å². The minimum atomic E-state index is -0.480. The third kappa shape index (κ3) is 7.31. The molecule has 0 saturated carbocycles. The highest BCUT2D eigenvalue weighted by molar-refractivity contribution is 6.08. The second-order valence-electron chi connectivity index (χ2n) is 8.77. The summed E-state index contributed by atoms with van der Waals surface area (Å²) >= 11 is 0. The molecule has 0 bridgehead atoms. The highest BCUT2D eigenvalue weighted by Crippen LogP contribution is 2.24. The normalized spacial score (nSPS) is 11.4. The zero-order valence-corrected chi connectivity index (χ0v) is 21.5. The Balaban J connectivity index is 1.27. The molecular formula is C32H33N3O3. The summed E-state index contributed by atoms with van der Waals surface area (Å²) in [7, 11) is 0. The Labute approximate surface area is 224 Å². The molecule has 38 heavy (non-hydrogen) atoms. The van der Waals surface area contributed by atoms with Gasteiger partial charge in [-0.1, -0.05) is 78.9 Å². The molecule has 1 unspecified atom stereocenters. The molecule has 6 nitrogen and oxygen atoms in total. The maximum Gasteiger partial charge on any atom is 0.327 e. The van der Waals surface area contributed by atoms with Crippen LogP contribution in [0.2, 0.25) is 0 Å². The lowest BCUT2D eigenvalue weighted by Crippen LogP contribution is -2.31. The van der Waals surface area contributed by atoms with Crippen molar-refractivity contribution >= 4 is 23.3 Å². The van der Waals surface area contributed by atoms with E-state index in [1.807, 2.05) is 116 Å². The molecule has 0 saturated heterocycles. The zero-order valence-electron chi connectivity index (χ0n) is 21.5. The minimum Gasteiger partial charge on any atom is -0.465 e. The van der Waals surface area contributed by atoms with Gasteiger partial charge < -0.3 is 20.7 Å². The monoisotopic (exact) mass is 507 g/mol. The van der Waals surface area contributed by atoms with E-state index in [9.17, 15) is 9.59 Å². The topological polar surface area (TPSA) is 79.5 Å². The van der Waals surface area contributed by atoms with Crippen LogP contribution in [0.25, 0.3) is 11.1 Å². The Bertz CT molecular complexity index is 1310. The summed E-state index contributed by atoms with van der Waals surface area (Å²) in [5.41, 5.74) is 5.11. The van der Waals surface area contributed by atoms with Gasteiger partial charge in [0.1, 0.15) is 6.04 Å². The molecule has 0 aliphatic heterocycles. The van der Waals surface area contributed by atoms with Crippen molar-refractivity contribution in [2.45, 2.75) is 19.4 Å². The van der Waals surface area contributed by atoms with Gasteiger partial charge in [0.2, 0.25) is 0 Å². The lowest BCUT2D eigenvalue weighted by atomic mass is 9.99. The van der Waals surface area contributed by atoms with E-state index in [-0.39, 0.29) is 11.9 Å². The number of carbonyl (C=O) groups is 2. The maximum absolute atomic E-state index is 13.0. The van der Waals surface area contributed by atoms with Crippen LogP contribution in [-0.2, 0) is 9.53 Å². The lowest BCUT2D eigenvalue weighted by Gasteiger charge is -2.18. The van der Waals surface area contributed by atoms with Crippen LogP contribution < -0.4 is 16.0 Å². The number of anilines is 2. The number of benzene rings is 4. The number of carbonyl (C=O) groups excluding carboxylic acids is 2. The van der Waals surface area contributed by atoms with Crippen LogP contribution in [0, 0.1) is 0 Å². The molecule has 0 spiro atoms. The number of hydrogen-bond donors (Lipinski definition) is 3. The fourth-order valence-electron chi connectivity index (χ4n) is 4.20. The van der Waals surface area contributed by atoms with Crippen LogP contribution in [0.1, 0.15) is 35.3 Å². The van der Waals surface area contributed by atoms with Crippen molar-refractivity contribution in [2.75, 3.05) is 30.3 Å². The first-order valence-corrected chi connectivity index (χ1v) is 12.9. The van der Waals surface area contributed by atoms with Gasteiger partial charge in [-0.25, -0.2) is 4.79 Å². The molecule has 4 aromatic rings. The molecule has 194 valence electrons. The van der Waals surface area contributed by atoms with E-state index in [4.69, 9.17) is 4.74 Å². The number of amides is 1. The largest absolute Gasteiger partial charge is 0.465 e. The van der Waals surface area contributed by atoms with Crippen LogP contribution in [0.3, 0.4) is 0 Å². The molecule has 0 heterocycles. The summed E-state index contributed by atoms with van der Waals surface area (Å²) in [5, 5.41) is 9.69. The summed E-state index contributed by atoms with van der Waals surface area (Å²) in [6.07, 6.45) is 0.817. The Morgan fingerprint density at radius 2 is 1.37 bits per heavy atom. The van der Waals surface area contributed by atoms with Gasteiger partial charge in [0.15, 0.2) is 0 Å². The number of hydrogen-bond acceptors (Lipinski definition) is 5. The molecule has 3 N–H and O–H groups in total. The van der Waals surface area contributed by atoms with Gasteiger partial charge >= 0.3 is 5.97 Å². The molecule has 0 radical (unpaired) electrons. The molecule has 1 atom stereocenters. The maximum atomic E-state index is 13.0. The van der Waals surface area contributed by atoms with E-state index in [1.165, 1.54) is 0 Å². The van der Waals surface area contributed by atoms with Crippen LogP contribution in [0.5, 0.6) is 0 Å². The van der Waals surface area contributed by atoms with Crippen LogP contribution >= 0.6 is 0 Å². The highest BCUT2D eigenvalue weighted by Gasteiger charge is 2.20. The van der Waals surface area contributed by atoms with Crippen molar-refractivity contribution in [2.24, 2.45) is 0 Å². The van der Waals surface area contributed by atoms with E-state index < -0.39 is 6.04 Å². The number of ether oxygens (including phenoxy) is 1. The first-order valence-electron chi connectivity index (χ1n) is 12.9. The Morgan fingerprint density at radius 1 is 0.737 bits per heavy atom. The van der Waals surface area contributed by atoms with Gasteiger partial charge in [-0.05, 0) is 66.9 Å².